The number of phenolic OH excluding ortho intramolecular Hbond substituents is 3. The number of aliphatic hydroxyl groups is 1. The van der Waals surface area contributed by atoms with Crippen LogP contribution in [0.2, 0.25) is 0 Å². The van der Waals surface area contributed by atoms with E-state index in [4.69, 9.17) is 44.5 Å². The number of hydrogen-bond donors (Lipinski definition) is 8. The highest BCUT2D eigenvalue weighted by molar-refractivity contribution is 5.90. The second-order valence-electron chi connectivity index (χ2n) is 43.4. The molecule has 0 spiro atoms. The lowest BCUT2D eigenvalue weighted by Gasteiger charge is -2.28. The Morgan fingerprint density at radius 2 is 0.920 bits per heavy atom. The van der Waals surface area contributed by atoms with Crippen molar-refractivity contribution in [3.63, 3.8) is 0 Å². The molecular formula is C126H167N7O5. The maximum atomic E-state index is 10.8. The van der Waals surface area contributed by atoms with Crippen LogP contribution in [0.5, 0.6) is 17.2 Å². The number of nitrogens with one attached hydrogen (secondary N) is 1. The van der Waals surface area contributed by atoms with E-state index in [1.807, 2.05) is 77.9 Å². The number of nitrogens with zero attached hydrogens (tertiary/aromatic N) is 3. The second-order valence-corrected chi connectivity index (χ2v) is 43.4. The number of fused-ring (bicyclic) bond motifs is 2. The molecule has 4 aliphatic rings. The molecule has 0 saturated heterocycles. The molecule has 11 aromatic rings. The van der Waals surface area contributed by atoms with Crippen molar-refractivity contribution in [1.29, 1.82) is 5.26 Å². The van der Waals surface area contributed by atoms with E-state index in [0.29, 0.717) is 40.6 Å². The van der Waals surface area contributed by atoms with E-state index < -0.39 is 0 Å². The van der Waals surface area contributed by atoms with Crippen molar-refractivity contribution < 1.29 is 25.2 Å². The Bertz CT molecular complexity index is 6040. The van der Waals surface area contributed by atoms with Crippen LogP contribution < -0.4 is 22.7 Å². The summed E-state index contributed by atoms with van der Waals surface area (Å²) in [6.45, 7) is 58.8. The van der Waals surface area contributed by atoms with Gasteiger partial charge in [-0.05, 0) is 258 Å². The zero-order valence-corrected chi connectivity index (χ0v) is 88.3. The Hall–Kier alpha value is -11.8. The van der Waals surface area contributed by atoms with Crippen molar-refractivity contribution in [2.45, 2.75) is 298 Å². The van der Waals surface area contributed by atoms with E-state index in [9.17, 15) is 9.90 Å². The third-order valence-corrected chi connectivity index (χ3v) is 28.1. The highest BCUT2D eigenvalue weighted by Gasteiger charge is 2.35. The number of aromatic nitrogens is 2. The number of benzene rings is 10. The summed E-state index contributed by atoms with van der Waals surface area (Å²) in [6, 6.07) is 71.5. The van der Waals surface area contributed by atoms with Crippen LogP contribution in [0.15, 0.2) is 271 Å². The number of nitrogens with two attached hydrogens (primary N) is 3. The summed E-state index contributed by atoms with van der Waals surface area (Å²) in [5.41, 5.74) is 43.0. The number of nitriles is 1. The van der Waals surface area contributed by atoms with Crippen molar-refractivity contribution in [3.05, 3.63) is 355 Å². The van der Waals surface area contributed by atoms with E-state index >= 15 is 0 Å². The summed E-state index contributed by atoms with van der Waals surface area (Å²) in [5, 5.41) is 53.4. The van der Waals surface area contributed by atoms with E-state index in [1.54, 1.807) is 40.6 Å². The zero-order chi connectivity index (χ0) is 102. The number of ketones is 1. The monoisotopic (exact) mass is 1860 g/mol. The second kappa shape index (κ2) is 51.8. The number of carbonyl (C=O) groups excluding carboxylic acids is 1. The molecule has 138 heavy (non-hydrogen) atoms. The van der Waals surface area contributed by atoms with Gasteiger partial charge in [-0.3, -0.25) is 10.6 Å². The molecule has 1 aromatic heterocycles. The van der Waals surface area contributed by atoms with E-state index in [1.165, 1.54) is 213 Å². The Morgan fingerprint density at radius 3 is 1.36 bits per heavy atom. The van der Waals surface area contributed by atoms with Crippen molar-refractivity contribution in [3.8, 4) is 29.0 Å². The molecule has 4 aliphatic carbocycles. The zero-order valence-electron chi connectivity index (χ0n) is 88.3. The van der Waals surface area contributed by atoms with Gasteiger partial charge in [0.2, 0.25) is 0 Å². The molecule has 0 aliphatic heterocycles. The van der Waals surface area contributed by atoms with Gasteiger partial charge in [-0.25, -0.2) is 4.68 Å². The summed E-state index contributed by atoms with van der Waals surface area (Å²) in [5.74, 6) is 9.69. The topological polar surface area (TPSA) is 230 Å². The standard InChI is InChI=1S/C42H54.C28H34.C20H26.C14H19N3O.C7H10N2O.C7H9NO.C7H11NO.CH4O/c1-28-21-23-36(29(2)25-28)41-27-35(42(6,7)8)26-40(41)32(5)30(3)31(4)37-24-22-34(38-19-12-13-20-39(37)38)18-14-17-33-15-10-9-11-16-33;1-19-13-14-25(21(3)15-19)27-18-24(28(5,6)7)17-26(27)22(4)20(2)16-23-11-9-8-10-12-23;1-16-14-15-18(20-13-6-5-12-19(16)20)11-7-10-17-8-3-2-4-9-17;1-9-5-6-10(11(18)7-9)17-13(15)8-12(16-17)14(2,3)4;1-5-2-3-6(9-8)7(10)4-5;1-5-2-3-6(8)7(9)4-5;1-7(2,3)6(9)4-5-8;1-2/h12-13,19-27,31-33,41H,3,9-11,14-18H2,1-2,4-8H3;8-15,17-18,22,27H,2,16H2,1,3-7H3;5-6,12-15,17H,2-4,7-11H2,1H3;5-8,18H,15H2,1-4H3;2-4,9-10H,8H2,1H3;2-4,9H,8H2,1H3;4H2,1-3H3;2H,1H3. The maximum Gasteiger partial charge on any atom is 0.152 e. The number of Topliss-reactive ketones (excluding diaryl/α,β-unsaturated/α-hetero) is 1. The number of hydrazine groups is 1. The minimum Gasteiger partial charge on any atom is -0.506 e. The predicted octanol–water partition coefficient (Wildman–Crippen LogP) is 32.3. The van der Waals surface area contributed by atoms with Crippen molar-refractivity contribution in [2.75, 3.05) is 24.0 Å². The van der Waals surface area contributed by atoms with Crippen LogP contribution in [0.3, 0.4) is 0 Å². The van der Waals surface area contributed by atoms with Crippen LogP contribution in [0.1, 0.15) is 302 Å². The molecule has 736 valence electrons. The molecule has 11 N–H and O–H groups in total. The molecule has 12 heteroatoms. The number of phenols is 3. The summed E-state index contributed by atoms with van der Waals surface area (Å²) >= 11 is 0. The van der Waals surface area contributed by atoms with Crippen LogP contribution in [0.4, 0.5) is 17.2 Å². The smallest absolute Gasteiger partial charge is 0.152 e. The van der Waals surface area contributed by atoms with Gasteiger partial charge in [0.1, 0.15) is 28.8 Å². The largest absolute Gasteiger partial charge is 0.506 e. The number of carbonyl (C=O) groups is 1. The van der Waals surface area contributed by atoms with Gasteiger partial charge in [0.25, 0.3) is 0 Å². The molecule has 0 radical (unpaired) electrons. The van der Waals surface area contributed by atoms with Gasteiger partial charge in [-0.1, -0.05) is 410 Å². The SMILES string of the molecule is C=C(C(C)C1=CC(C(C)(C)C)=CC1c1ccc(C)cc1C)C(C)c1ccc(CCCC2CCCCC2)c2ccccc12.C=C(Cc1ccccc1)C(C)C1=CC(C(C)(C)C)=CC1c1ccc(C)cc1C.CC(C)(C)C(=O)CC#N.CO.Cc1ccc(-n2nc(C(C)(C)C)cc2N)c(O)c1.Cc1ccc(CCCC2CCCCC2)c2ccccc12.Cc1ccc(N)c(O)c1.Cc1ccc(NN)c(O)c1. The Morgan fingerprint density at radius 1 is 0.486 bits per heavy atom. The summed E-state index contributed by atoms with van der Waals surface area (Å²) in [4.78, 5) is 10.8. The Kier molecular flexibility index (Phi) is 41.9. The molecule has 15 rings (SSSR count). The summed E-state index contributed by atoms with van der Waals surface area (Å²) < 4.78 is 1.58. The normalized spacial score (nSPS) is 15.5. The van der Waals surface area contributed by atoms with Crippen LogP contribution in [-0.2, 0) is 29.5 Å². The van der Waals surface area contributed by atoms with E-state index in [2.05, 4.69) is 299 Å². The molecule has 5 unspecified atom stereocenters. The fourth-order valence-electron chi connectivity index (χ4n) is 19.2. The van der Waals surface area contributed by atoms with Gasteiger partial charge >= 0.3 is 0 Å². The Labute approximate surface area is 830 Å². The molecule has 10 aromatic carbocycles. The van der Waals surface area contributed by atoms with E-state index in [-0.39, 0.29) is 62.9 Å². The lowest BCUT2D eigenvalue weighted by molar-refractivity contribution is -0.125. The van der Waals surface area contributed by atoms with Gasteiger partial charge in [-0.2, -0.15) is 10.4 Å². The lowest BCUT2D eigenvalue weighted by Crippen LogP contribution is -2.18. The molecular weight excluding hydrogens is 1690 g/mol. The quantitative estimate of drug-likeness (QED) is 0.0111. The summed E-state index contributed by atoms with van der Waals surface area (Å²) in [7, 11) is 1.00. The molecule has 2 fully saturated rings. The van der Waals surface area contributed by atoms with Gasteiger partial charge in [-0.15, -0.1) is 0 Å². The van der Waals surface area contributed by atoms with Gasteiger partial charge in [0.15, 0.2) is 5.78 Å². The number of aromatic hydroxyl groups is 3. The van der Waals surface area contributed by atoms with Gasteiger partial charge < -0.3 is 37.3 Å². The molecule has 2 saturated carbocycles. The lowest BCUT2D eigenvalue weighted by atomic mass is 9.76. The minimum atomic E-state index is -0.351. The number of rotatable bonds is 21. The fourth-order valence-corrected chi connectivity index (χ4v) is 19.2. The first-order valence-corrected chi connectivity index (χ1v) is 50.5. The van der Waals surface area contributed by atoms with E-state index in [0.717, 1.165) is 47.8 Å². The third kappa shape index (κ3) is 32.2. The van der Waals surface area contributed by atoms with Crippen LogP contribution in [0.25, 0.3) is 27.2 Å². The molecule has 5 atom stereocenters. The summed E-state index contributed by atoms with van der Waals surface area (Å²) in [6.07, 6.45) is 33.5. The average Bonchev–Trinajstić information content (AvgIpc) is 1.60. The number of aliphatic hydroxyl groups excluding tert-OH is 1. The van der Waals surface area contributed by atoms with Gasteiger partial charge in [0.05, 0.1) is 29.6 Å². The minimum absolute atomic E-state index is 0.00463. The fraction of sp³-hybridized carbons (Fsp3) is 0.421. The van der Waals surface area contributed by atoms with Gasteiger partial charge in [0, 0.05) is 41.8 Å². The number of allylic oxidation sites excluding steroid dienone is 10. The Balaban J connectivity index is 0.000000212. The number of hydrogen-bond acceptors (Lipinski definition) is 11. The number of nitrogen functional groups attached to an aromatic ring is 3. The maximum absolute atomic E-state index is 10.8. The van der Waals surface area contributed by atoms with Crippen molar-refractivity contribution in [2.24, 2.45) is 45.8 Å². The van der Waals surface area contributed by atoms with Crippen LogP contribution in [0, 0.1) is 107 Å². The highest BCUT2D eigenvalue weighted by atomic mass is 16.3. The first kappa shape index (κ1) is 112. The van der Waals surface area contributed by atoms with Crippen LogP contribution >= 0.6 is 0 Å². The molecule has 12 nitrogen and oxygen atoms in total. The third-order valence-electron chi connectivity index (χ3n) is 28.1. The van der Waals surface area contributed by atoms with Crippen LogP contribution in [-0.4, -0.2) is 43.1 Å². The first-order valence-electron chi connectivity index (χ1n) is 50.5. The predicted molar refractivity (Wildman–Crippen MR) is 589 cm³/mol. The first-order chi connectivity index (χ1) is 65.3. The molecule has 0 amide bonds. The van der Waals surface area contributed by atoms with Crippen molar-refractivity contribution in [1.82, 2.24) is 9.78 Å². The average molecular weight is 1860 g/mol. The molecule has 1 heterocycles. The molecule has 0 bridgehead atoms. The van der Waals surface area contributed by atoms with Crippen molar-refractivity contribution >= 4 is 44.5 Å². The number of aryl methyl sites for hydroxylation is 10. The highest BCUT2D eigenvalue weighted by Crippen LogP contribution is 2.50. The number of anilines is 3.